The van der Waals surface area contributed by atoms with Gasteiger partial charge >= 0.3 is 0 Å². The summed E-state index contributed by atoms with van der Waals surface area (Å²) in [7, 11) is 1.88. The van der Waals surface area contributed by atoms with Crippen LogP contribution in [0.2, 0.25) is 0 Å². The van der Waals surface area contributed by atoms with Crippen molar-refractivity contribution in [3.05, 3.63) is 18.0 Å². The fourth-order valence-electron chi connectivity index (χ4n) is 2.82. The van der Waals surface area contributed by atoms with Gasteiger partial charge in [-0.2, -0.15) is 5.10 Å². The summed E-state index contributed by atoms with van der Waals surface area (Å²) in [5, 5.41) is 4.18. The first-order chi connectivity index (χ1) is 9.65. The second-order valence-corrected chi connectivity index (χ2v) is 6.22. The number of aryl methyl sites for hydroxylation is 1. The number of aromatic nitrogens is 2. The van der Waals surface area contributed by atoms with E-state index >= 15 is 0 Å². The van der Waals surface area contributed by atoms with Gasteiger partial charge in [0.25, 0.3) is 0 Å². The van der Waals surface area contributed by atoms with Crippen LogP contribution in [0.1, 0.15) is 24.4 Å². The van der Waals surface area contributed by atoms with Crippen LogP contribution in [-0.4, -0.2) is 56.1 Å². The minimum Gasteiger partial charge on any atom is -0.334 e. The molecule has 6 nitrogen and oxygen atoms in total. The van der Waals surface area contributed by atoms with Gasteiger partial charge in [-0.15, -0.1) is 11.8 Å². The molecule has 2 saturated heterocycles. The summed E-state index contributed by atoms with van der Waals surface area (Å²) >= 11 is 1.57. The maximum absolute atomic E-state index is 12.4. The number of hydrogen-bond donors (Lipinski definition) is 0. The zero-order valence-electron chi connectivity index (χ0n) is 11.5. The van der Waals surface area contributed by atoms with Crippen molar-refractivity contribution in [3.63, 3.8) is 0 Å². The molecule has 0 saturated carbocycles. The lowest BCUT2D eigenvalue weighted by Gasteiger charge is -2.26. The maximum Gasteiger partial charge on any atom is 0.242 e. The lowest BCUT2D eigenvalue weighted by molar-refractivity contribution is -0.138. The minimum atomic E-state index is 0.0483. The van der Waals surface area contributed by atoms with E-state index in [1.165, 1.54) is 0 Å². The van der Waals surface area contributed by atoms with Gasteiger partial charge in [0, 0.05) is 25.4 Å². The van der Waals surface area contributed by atoms with Crippen LogP contribution < -0.4 is 0 Å². The third-order valence-corrected chi connectivity index (χ3v) is 4.78. The SMILES string of the molecule is Cn1cc([C@H]2CCCN2C(=O)CN2CSCC2=O)cn1. The van der Waals surface area contributed by atoms with Crippen molar-refractivity contribution in [2.45, 2.75) is 18.9 Å². The van der Waals surface area contributed by atoms with Crippen molar-refractivity contribution in [3.8, 4) is 0 Å². The molecule has 0 unspecified atom stereocenters. The van der Waals surface area contributed by atoms with Gasteiger partial charge in [0.2, 0.25) is 11.8 Å². The van der Waals surface area contributed by atoms with Gasteiger partial charge in [0.15, 0.2) is 0 Å². The highest BCUT2D eigenvalue weighted by atomic mass is 32.2. The Labute approximate surface area is 122 Å². The summed E-state index contributed by atoms with van der Waals surface area (Å²) in [6, 6.07) is 0.113. The highest BCUT2D eigenvalue weighted by molar-refractivity contribution is 8.00. The molecule has 0 aliphatic carbocycles. The predicted molar refractivity (Wildman–Crippen MR) is 75.9 cm³/mol. The minimum absolute atomic E-state index is 0.0483. The molecule has 2 aliphatic heterocycles. The van der Waals surface area contributed by atoms with Crippen LogP contribution in [0, 0.1) is 0 Å². The van der Waals surface area contributed by atoms with E-state index in [4.69, 9.17) is 0 Å². The second-order valence-electron chi connectivity index (χ2n) is 5.26. The first-order valence-electron chi connectivity index (χ1n) is 6.78. The molecule has 3 rings (SSSR count). The summed E-state index contributed by atoms with van der Waals surface area (Å²) in [6.07, 6.45) is 5.77. The largest absolute Gasteiger partial charge is 0.334 e. The molecule has 2 fully saturated rings. The van der Waals surface area contributed by atoms with Crippen LogP contribution in [0.4, 0.5) is 0 Å². The lowest BCUT2D eigenvalue weighted by atomic mass is 10.1. The molecule has 7 heteroatoms. The van der Waals surface area contributed by atoms with E-state index < -0.39 is 0 Å². The van der Waals surface area contributed by atoms with E-state index in [2.05, 4.69) is 5.10 Å². The summed E-state index contributed by atoms with van der Waals surface area (Å²) in [5.74, 6) is 1.25. The Morgan fingerprint density at radius 1 is 1.55 bits per heavy atom. The molecule has 20 heavy (non-hydrogen) atoms. The molecule has 0 N–H and O–H groups in total. The lowest BCUT2D eigenvalue weighted by Crippen LogP contribution is -2.40. The molecule has 3 heterocycles. The van der Waals surface area contributed by atoms with Crippen LogP contribution >= 0.6 is 11.8 Å². The van der Waals surface area contributed by atoms with Gasteiger partial charge in [-0.25, -0.2) is 0 Å². The summed E-state index contributed by atoms with van der Waals surface area (Å²) < 4.78 is 1.76. The molecule has 0 aromatic carbocycles. The monoisotopic (exact) mass is 294 g/mol. The summed E-state index contributed by atoms with van der Waals surface area (Å²) in [4.78, 5) is 27.6. The topological polar surface area (TPSA) is 58.4 Å². The summed E-state index contributed by atoms with van der Waals surface area (Å²) in [6.45, 7) is 0.982. The van der Waals surface area contributed by atoms with Gasteiger partial charge < -0.3 is 9.80 Å². The molecule has 0 spiro atoms. The Kier molecular flexibility index (Phi) is 3.69. The zero-order valence-corrected chi connectivity index (χ0v) is 12.3. The normalized spacial score (nSPS) is 22.9. The van der Waals surface area contributed by atoms with E-state index in [0.717, 1.165) is 24.9 Å². The quantitative estimate of drug-likeness (QED) is 0.820. The Hall–Kier alpha value is -1.50. The average molecular weight is 294 g/mol. The number of amides is 2. The van der Waals surface area contributed by atoms with Crippen molar-refractivity contribution in [2.75, 3.05) is 24.7 Å². The van der Waals surface area contributed by atoms with Crippen molar-refractivity contribution < 1.29 is 9.59 Å². The Balaban J connectivity index is 1.68. The number of likely N-dealkylation sites (tertiary alicyclic amines) is 1. The van der Waals surface area contributed by atoms with Gasteiger partial charge in [-0.1, -0.05) is 0 Å². The van der Waals surface area contributed by atoms with E-state index in [9.17, 15) is 9.59 Å². The van der Waals surface area contributed by atoms with Gasteiger partial charge in [-0.3, -0.25) is 14.3 Å². The van der Waals surface area contributed by atoms with Crippen LogP contribution in [0.3, 0.4) is 0 Å². The molecule has 108 valence electrons. The van der Waals surface area contributed by atoms with Gasteiger partial charge in [0.05, 0.1) is 23.9 Å². The number of nitrogens with zero attached hydrogens (tertiary/aromatic N) is 4. The second kappa shape index (κ2) is 5.47. The van der Waals surface area contributed by atoms with Crippen LogP contribution in [0.15, 0.2) is 12.4 Å². The molecule has 2 aliphatic rings. The molecule has 0 radical (unpaired) electrons. The highest BCUT2D eigenvalue weighted by Crippen LogP contribution is 2.31. The molecular weight excluding hydrogens is 276 g/mol. The van der Waals surface area contributed by atoms with Crippen molar-refractivity contribution in [1.82, 2.24) is 19.6 Å². The van der Waals surface area contributed by atoms with Crippen LogP contribution in [0.25, 0.3) is 0 Å². The maximum atomic E-state index is 12.4. The Morgan fingerprint density at radius 3 is 3.05 bits per heavy atom. The molecule has 1 aromatic heterocycles. The van der Waals surface area contributed by atoms with Crippen molar-refractivity contribution >= 4 is 23.6 Å². The first kappa shape index (κ1) is 13.5. The molecule has 1 aromatic rings. The van der Waals surface area contributed by atoms with Crippen molar-refractivity contribution in [1.29, 1.82) is 0 Å². The Bertz CT molecular complexity index is 530. The van der Waals surface area contributed by atoms with Gasteiger partial charge in [-0.05, 0) is 12.8 Å². The third-order valence-electron chi connectivity index (χ3n) is 3.83. The smallest absolute Gasteiger partial charge is 0.242 e. The van der Waals surface area contributed by atoms with E-state index in [1.54, 1.807) is 21.3 Å². The summed E-state index contributed by atoms with van der Waals surface area (Å²) in [5.41, 5.74) is 1.08. The molecule has 0 bridgehead atoms. The average Bonchev–Trinajstić information content (AvgIpc) is 3.11. The van der Waals surface area contributed by atoms with Gasteiger partial charge in [0.1, 0.15) is 6.54 Å². The predicted octanol–water partition coefficient (Wildman–Crippen LogP) is 0.616. The fraction of sp³-hybridized carbons (Fsp3) is 0.615. The first-order valence-corrected chi connectivity index (χ1v) is 7.94. The molecule has 1 atom stereocenters. The fourth-order valence-corrected chi connectivity index (χ4v) is 3.72. The number of carbonyl (C=O) groups excluding carboxylic acids is 2. The molecule has 2 amide bonds. The number of carbonyl (C=O) groups is 2. The van der Waals surface area contributed by atoms with E-state index in [0.29, 0.717) is 11.6 Å². The number of thioether (sulfide) groups is 1. The van der Waals surface area contributed by atoms with Crippen molar-refractivity contribution in [2.24, 2.45) is 7.05 Å². The Morgan fingerprint density at radius 2 is 2.40 bits per heavy atom. The zero-order chi connectivity index (χ0) is 14.1. The van der Waals surface area contributed by atoms with Crippen LogP contribution in [-0.2, 0) is 16.6 Å². The number of hydrogen-bond acceptors (Lipinski definition) is 4. The standard InChI is InChI=1S/C13H18N4O2S/c1-15-6-10(5-14-15)11-3-2-4-17(11)12(18)7-16-9-20-8-13(16)19/h5-6,11H,2-4,7-9H2,1H3/t11-/m1/s1. The highest BCUT2D eigenvalue weighted by Gasteiger charge is 2.33. The van der Waals surface area contributed by atoms with E-state index in [-0.39, 0.29) is 24.4 Å². The number of rotatable bonds is 3. The van der Waals surface area contributed by atoms with E-state index in [1.807, 2.05) is 24.3 Å². The third kappa shape index (κ3) is 2.54. The van der Waals surface area contributed by atoms with Crippen LogP contribution in [0.5, 0.6) is 0 Å². The molecular formula is C13H18N4O2S.